The van der Waals surface area contributed by atoms with E-state index in [2.05, 4.69) is 30.6 Å². The zero-order valence-corrected chi connectivity index (χ0v) is 12.4. The van der Waals surface area contributed by atoms with Crippen molar-refractivity contribution in [2.24, 2.45) is 11.8 Å². The number of hydrogen-bond acceptors (Lipinski definition) is 2. The molecule has 0 aromatic carbocycles. The summed E-state index contributed by atoms with van der Waals surface area (Å²) in [5.41, 5.74) is 0. The number of rotatable bonds is 3. The molecule has 0 N–H and O–H groups in total. The average molecular weight is 250 g/mol. The van der Waals surface area contributed by atoms with Crippen molar-refractivity contribution in [3.8, 4) is 0 Å². The Morgan fingerprint density at radius 3 is 2.39 bits per heavy atom. The summed E-state index contributed by atoms with van der Waals surface area (Å²) in [7, 11) is 0. The third-order valence-corrected chi connectivity index (χ3v) is 5.62. The summed E-state index contributed by atoms with van der Waals surface area (Å²) in [4.78, 5) is 5.68. The van der Waals surface area contributed by atoms with E-state index in [1.807, 2.05) is 0 Å². The summed E-state index contributed by atoms with van der Waals surface area (Å²) in [5, 5.41) is 0. The van der Waals surface area contributed by atoms with Crippen molar-refractivity contribution in [1.29, 1.82) is 0 Å². The van der Waals surface area contributed by atoms with Gasteiger partial charge in [0.15, 0.2) is 0 Å². The molecule has 2 aliphatic heterocycles. The van der Waals surface area contributed by atoms with Crippen molar-refractivity contribution in [1.82, 2.24) is 9.80 Å². The van der Waals surface area contributed by atoms with Crippen molar-refractivity contribution in [2.45, 2.75) is 71.0 Å². The minimum atomic E-state index is 0.800. The Balaban J connectivity index is 1.72. The molecule has 3 unspecified atom stereocenters. The van der Waals surface area contributed by atoms with E-state index in [1.165, 1.54) is 51.7 Å². The fraction of sp³-hybridized carbons (Fsp3) is 1.00. The zero-order valence-electron chi connectivity index (χ0n) is 12.4. The molecule has 3 rings (SSSR count). The summed E-state index contributed by atoms with van der Waals surface area (Å²) < 4.78 is 0. The molecule has 0 spiro atoms. The first-order valence-electron chi connectivity index (χ1n) is 8.16. The molecular formula is C16H30N2. The highest BCUT2D eigenvalue weighted by Gasteiger charge is 2.42. The SMILES string of the molecule is CC(C)C1CN2CCCCC2CN1C(C)C1CC1. The van der Waals surface area contributed by atoms with Crippen LogP contribution in [-0.2, 0) is 0 Å². The molecule has 3 fully saturated rings. The second kappa shape index (κ2) is 5.13. The molecule has 0 radical (unpaired) electrons. The topological polar surface area (TPSA) is 6.48 Å². The Kier molecular flexibility index (Phi) is 3.68. The molecule has 2 nitrogen and oxygen atoms in total. The van der Waals surface area contributed by atoms with Gasteiger partial charge in [0.05, 0.1) is 0 Å². The van der Waals surface area contributed by atoms with Crippen molar-refractivity contribution < 1.29 is 0 Å². The van der Waals surface area contributed by atoms with Gasteiger partial charge in [-0.15, -0.1) is 0 Å². The summed E-state index contributed by atoms with van der Waals surface area (Å²) in [6, 6.07) is 2.51. The van der Waals surface area contributed by atoms with Crippen LogP contribution in [0.4, 0.5) is 0 Å². The van der Waals surface area contributed by atoms with Gasteiger partial charge in [0.2, 0.25) is 0 Å². The maximum atomic E-state index is 2.88. The van der Waals surface area contributed by atoms with Gasteiger partial charge in [-0.25, -0.2) is 0 Å². The molecule has 3 atom stereocenters. The van der Waals surface area contributed by atoms with Crippen LogP contribution >= 0.6 is 0 Å². The molecular weight excluding hydrogens is 220 g/mol. The average Bonchev–Trinajstić information content (AvgIpc) is 3.20. The van der Waals surface area contributed by atoms with E-state index in [4.69, 9.17) is 0 Å². The minimum absolute atomic E-state index is 0.800. The van der Waals surface area contributed by atoms with Gasteiger partial charge in [-0.05, 0) is 51.0 Å². The van der Waals surface area contributed by atoms with Gasteiger partial charge in [0, 0.05) is 31.2 Å². The maximum Gasteiger partial charge on any atom is 0.0249 e. The van der Waals surface area contributed by atoms with E-state index < -0.39 is 0 Å². The first-order valence-corrected chi connectivity index (χ1v) is 8.16. The van der Waals surface area contributed by atoms with Gasteiger partial charge in [-0.3, -0.25) is 9.80 Å². The summed E-state index contributed by atoms with van der Waals surface area (Å²) in [6.07, 6.45) is 7.30. The fourth-order valence-electron chi connectivity index (χ4n) is 4.14. The highest BCUT2D eigenvalue weighted by molar-refractivity contribution is 4.97. The minimum Gasteiger partial charge on any atom is -0.298 e. The standard InChI is InChI=1S/C16H30N2/c1-12(2)16-11-17-9-5-4-6-15(17)10-18(16)13(3)14-7-8-14/h12-16H,4-11H2,1-3H3. The lowest BCUT2D eigenvalue weighted by molar-refractivity contribution is -0.0307. The Hall–Kier alpha value is -0.0800. The second-order valence-electron chi connectivity index (χ2n) is 7.23. The third-order valence-electron chi connectivity index (χ3n) is 5.62. The number of piperazine rings is 1. The lowest BCUT2D eigenvalue weighted by Gasteiger charge is -2.52. The molecule has 2 heteroatoms. The van der Waals surface area contributed by atoms with Crippen LogP contribution < -0.4 is 0 Å². The second-order valence-corrected chi connectivity index (χ2v) is 7.23. The lowest BCUT2D eigenvalue weighted by Crippen LogP contribution is -2.63. The van der Waals surface area contributed by atoms with Crippen LogP contribution in [0.2, 0.25) is 0 Å². The normalized spacial score (nSPS) is 36.7. The van der Waals surface area contributed by atoms with Crippen LogP contribution in [0.3, 0.4) is 0 Å². The Labute approximate surface area is 113 Å². The summed E-state index contributed by atoms with van der Waals surface area (Å²) >= 11 is 0. The number of piperidine rings is 1. The smallest absolute Gasteiger partial charge is 0.0249 e. The Morgan fingerprint density at radius 1 is 0.944 bits per heavy atom. The van der Waals surface area contributed by atoms with E-state index in [-0.39, 0.29) is 0 Å². The largest absolute Gasteiger partial charge is 0.298 e. The Bertz CT molecular complexity index is 285. The molecule has 2 saturated heterocycles. The highest BCUT2D eigenvalue weighted by atomic mass is 15.3. The molecule has 18 heavy (non-hydrogen) atoms. The van der Waals surface area contributed by atoms with Gasteiger partial charge >= 0.3 is 0 Å². The van der Waals surface area contributed by atoms with Gasteiger partial charge in [-0.2, -0.15) is 0 Å². The molecule has 1 aliphatic carbocycles. The van der Waals surface area contributed by atoms with E-state index in [9.17, 15) is 0 Å². The Morgan fingerprint density at radius 2 is 1.72 bits per heavy atom. The van der Waals surface area contributed by atoms with Gasteiger partial charge < -0.3 is 0 Å². The first kappa shape index (κ1) is 12.9. The first-order chi connectivity index (χ1) is 8.66. The molecule has 1 saturated carbocycles. The van der Waals surface area contributed by atoms with Gasteiger partial charge in [0.25, 0.3) is 0 Å². The summed E-state index contributed by atoms with van der Waals surface area (Å²) in [5.74, 6) is 1.82. The highest BCUT2D eigenvalue weighted by Crippen LogP contribution is 2.38. The zero-order chi connectivity index (χ0) is 12.7. The number of nitrogens with zero attached hydrogens (tertiary/aromatic N) is 2. The molecule has 3 aliphatic rings. The van der Waals surface area contributed by atoms with Crippen molar-refractivity contribution in [3.63, 3.8) is 0 Å². The number of hydrogen-bond donors (Lipinski definition) is 0. The monoisotopic (exact) mass is 250 g/mol. The molecule has 2 heterocycles. The number of fused-ring (bicyclic) bond motifs is 1. The molecule has 0 bridgehead atoms. The quantitative estimate of drug-likeness (QED) is 0.760. The third kappa shape index (κ3) is 2.46. The summed E-state index contributed by atoms with van der Waals surface area (Å²) in [6.45, 7) is 11.4. The van der Waals surface area contributed by atoms with E-state index in [0.717, 1.165) is 30.0 Å². The van der Waals surface area contributed by atoms with Gasteiger partial charge in [0.1, 0.15) is 0 Å². The maximum absolute atomic E-state index is 2.88. The van der Waals surface area contributed by atoms with Crippen LogP contribution in [0, 0.1) is 11.8 Å². The predicted octanol–water partition coefficient (Wildman–Crippen LogP) is 2.98. The van der Waals surface area contributed by atoms with E-state index in [0.29, 0.717) is 0 Å². The van der Waals surface area contributed by atoms with Crippen LogP contribution in [0.15, 0.2) is 0 Å². The van der Waals surface area contributed by atoms with Gasteiger partial charge in [-0.1, -0.05) is 20.3 Å². The van der Waals surface area contributed by atoms with Crippen molar-refractivity contribution in [3.05, 3.63) is 0 Å². The van der Waals surface area contributed by atoms with Crippen molar-refractivity contribution >= 4 is 0 Å². The van der Waals surface area contributed by atoms with Crippen LogP contribution in [0.25, 0.3) is 0 Å². The van der Waals surface area contributed by atoms with Crippen LogP contribution in [-0.4, -0.2) is 47.6 Å². The molecule has 0 aromatic rings. The van der Waals surface area contributed by atoms with E-state index >= 15 is 0 Å². The van der Waals surface area contributed by atoms with E-state index in [1.54, 1.807) is 0 Å². The molecule has 104 valence electrons. The molecule has 0 aromatic heterocycles. The fourth-order valence-corrected chi connectivity index (χ4v) is 4.14. The van der Waals surface area contributed by atoms with Crippen LogP contribution in [0.1, 0.15) is 52.9 Å². The van der Waals surface area contributed by atoms with Crippen molar-refractivity contribution in [2.75, 3.05) is 19.6 Å². The van der Waals surface area contributed by atoms with Crippen LogP contribution in [0.5, 0.6) is 0 Å². The molecule has 0 amide bonds. The predicted molar refractivity (Wildman–Crippen MR) is 76.7 cm³/mol. The lowest BCUT2D eigenvalue weighted by atomic mass is 9.90.